The average molecular weight is 248 g/mol. The second-order valence-corrected chi connectivity index (χ2v) is 4.47. The molecule has 1 aromatic rings. The molecule has 1 aromatic carbocycles. The highest BCUT2D eigenvalue weighted by molar-refractivity contribution is 9.10. The van der Waals surface area contributed by atoms with Crippen LogP contribution in [-0.2, 0) is 10.3 Å². The number of hydrogen-bond donors (Lipinski definition) is 0. The molecule has 1 aliphatic rings. The lowest BCUT2D eigenvalue weighted by Gasteiger charge is -2.07. The minimum Gasteiger partial charge on any atom is -0.365 e. The summed E-state index contributed by atoms with van der Waals surface area (Å²) in [4.78, 5) is 0. The van der Waals surface area contributed by atoms with Gasteiger partial charge in [-0.25, -0.2) is 0 Å². The molecule has 0 bridgehead atoms. The van der Waals surface area contributed by atoms with Crippen molar-refractivity contribution in [1.29, 1.82) is 0 Å². The van der Waals surface area contributed by atoms with Crippen molar-refractivity contribution in [1.82, 2.24) is 0 Å². The van der Waals surface area contributed by atoms with Crippen LogP contribution in [0, 0.1) is 0 Å². The van der Waals surface area contributed by atoms with Crippen molar-refractivity contribution in [2.24, 2.45) is 0 Å². The standard InChI is InChI=1S/C9H8BrClO/c1-9(5-12-9)7-3-2-6(10)4-8(7)11/h2-4H,5H2,1H3/t9-/m1/s1. The van der Waals surface area contributed by atoms with E-state index in [4.69, 9.17) is 16.3 Å². The van der Waals surface area contributed by atoms with Crippen molar-refractivity contribution in [2.45, 2.75) is 12.5 Å². The molecule has 1 aliphatic heterocycles. The fourth-order valence-electron chi connectivity index (χ4n) is 1.18. The Labute approximate surface area is 84.8 Å². The monoisotopic (exact) mass is 246 g/mol. The molecule has 0 saturated carbocycles. The number of halogens is 2. The van der Waals surface area contributed by atoms with Gasteiger partial charge in [0.25, 0.3) is 0 Å². The minimum atomic E-state index is -0.127. The van der Waals surface area contributed by atoms with Crippen LogP contribution < -0.4 is 0 Å². The van der Waals surface area contributed by atoms with E-state index in [0.29, 0.717) is 0 Å². The minimum absolute atomic E-state index is 0.127. The quantitative estimate of drug-likeness (QED) is 0.694. The molecule has 2 rings (SSSR count). The first kappa shape index (κ1) is 8.54. The zero-order valence-corrected chi connectivity index (χ0v) is 8.95. The molecular formula is C9H8BrClO. The van der Waals surface area contributed by atoms with Crippen molar-refractivity contribution in [3.63, 3.8) is 0 Å². The Morgan fingerprint density at radius 2 is 2.25 bits per heavy atom. The summed E-state index contributed by atoms with van der Waals surface area (Å²) in [6, 6.07) is 5.87. The molecule has 0 aliphatic carbocycles. The van der Waals surface area contributed by atoms with E-state index in [0.717, 1.165) is 21.7 Å². The fourth-order valence-corrected chi connectivity index (χ4v) is 2.06. The average Bonchev–Trinajstić information content (AvgIpc) is 2.68. The van der Waals surface area contributed by atoms with Crippen LogP contribution in [0.5, 0.6) is 0 Å². The van der Waals surface area contributed by atoms with Gasteiger partial charge in [0.05, 0.1) is 6.61 Å². The van der Waals surface area contributed by atoms with Crippen LogP contribution in [-0.4, -0.2) is 6.61 Å². The molecule has 0 spiro atoms. The summed E-state index contributed by atoms with van der Waals surface area (Å²) in [7, 11) is 0. The Balaban J connectivity index is 2.45. The van der Waals surface area contributed by atoms with E-state index in [9.17, 15) is 0 Å². The van der Waals surface area contributed by atoms with E-state index < -0.39 is 0 Å². The highest BCUT2D eigenvalue weighted by Gasteiger charge is 2.42. The molecule has 1 heterocycles. The van der Waals surface area contributed by atoms with Crippen LogP contribution >= 0.6 is 27.5 Å². The molecule has 0 aromatic heterocycles. The second-order valence-electron chi connectivity index (χ2n) is 3.14. The zero-order chi connectivity index (χ0) is 8.77. The van der Waals surface area contributed by atoms with Gasteiger partial charge in [0.2, 0.25) is 0 Å². The van der Waals surface area contributed by atoms with Crippen molar-refractivity contribution < 1.29 is 4.74 Å². The van der Waals surface area contributed by atoms with Crippen LogP contribution in [0.25, 0.3) is 0 Å². The topological polar surface area (TPSA) is 12.5 Å². The van der Waals surface area contributed by atoms with E-state index >= 15 is 0 Å². The second kappa shape index (κ2) is 2.72. The molecule has 1 atom stereocenters. The third kappa shape index (κ3) is 1.39. The van der Waals surface area contributed by atoms with Crippen LogP contribution in [0.1, 0.15) is 12.5 Å². The summed E-state index contributed by atoms with van der Waals surface area (Å²) in [6.07, 6.45) is 0. The number of benzene rings is 1. The normalized spacial score (nSPS) is 27.2. The van der Waals surface area contributed by atoms with Gasteiger partial charge in [-0.15, -0.1) is 0 Å². The van der Waals surface area contributed by atoms with Gasteiger partial charge in [-0.3, -0.25) is 0 Å². The van der Waals surface area contributed by atoms with Crippen LogP contribution in [0.4, 0.5) is 0 Å². The maximum absolute atomic E-state index is 6.04. The van der Waals surface area contributed by atoms with Crippen LogP contribution in [0.15, 0.2) is 22.7 Å². The Hall–Kier alpha value is -0.0500. The summed E-state index contributed by atoms with van der Waals surface area (Å²) in [5, 5.41) is 0.768. The maximum Gasteiger partial charge on any atom is 0.115 e. The lowest BCUT2D eigenvalue weighted by atomic mass is 10.0. The molecular weight excluding hydrogens is 239 g/mol. The Morgan fingerprint density at radius 3 is 2.75 bits per heavy atom. The lowest BCUT2D eigenvalue weighted by Crippen LogP contribution is -2.02. The maximum atomic E-state index is 6.04. The van der Waals surface area contributed by atoms with Crippen LogP contribution in [0.3, 0.4) is 0 Å². The molecule has 12 heavy (non-hydrogen) atoms. The summed E-state index contributed by atoms with van der Waals surface area (Å²) >= 11 is 9.40. The van der Waals surface area contributed by atoms with E-state index in [-0.39, 0.29) is 5.60 Å². The van der Waals surface area contributed by atoms with Crippen molar-refractivity contribution >= 4 is 27.5 Å². The van der Waals surface area contributed by atoms with E-state index in [1.807, 2.05) is 25.1 Å². The van der Waals surface area contributed by atoms with Gasteiger partial charge in [0.1, 0.15) is 5.60 Å². The van der Waals surface area contributed by atoms with Crippen LogP contribution in [0.2, 0.25) is 5.02 Å². The first-order valence-corrected chi connectivity index (χ1v) is 4.88. The van der Waals surface area contributed by atoms with Gasteiger partial charge in [-0.1, -0.05) is 33.6 Å². The number of rotatable bonds is 1. The molecule has 64 valence electrons. The smallest absolute Gasteiger partial charge is 0.115 e. The van der Waals surface area contributed by atoms with Gasteiger partial charge in [-0.2, -0.15) is 0 Å². The Bertz CT molecular complexity index is 320. The van der Waals surface area contributed by atoms with Crippen molar-refractivity contribution in [3.8, 4) is 0 Å². The molecule has 0 amide bonds. The van der Waals surface area contributed by atoms with Gasteiger partial charge in [0, 0.05) is 15.1 Å². The molecule has 1 saturated heterocycles. The highest BCUT2D eigenvalue weighted by Crippen LogP contribution is 2.42. The lowest BCUT2D eigenvalue weighted by molar-refractivity contribution is 0.329. The summed E-state index contributed by atoms with van der Waals surface area (Å²) < 4.78 is 6.30. The summed E-state index contributed by atoms with van der Waals surface area (Å²) in [6.45, 7) is 2.82. The Kier molecular flexibility index (Phi) is 1.94. The fraction of sp³-hybridized carbons (Fsp3) is 0.333. The Morgan fingerprint density at radius 1 is 1.58 bits per heavy atom. The molecule has 1 nitrogen and oxygen atoms in total. The predicted molar refractivity (Wildman–Crippen MR) is 52.5 cm³/mol. The predicted octanol–water partition coefficient (Wildman–Crippen LogP) is 3.35. The van der Waals surface area contributed by atoms with Crippen molar-refractivity contribution in [2.75, 3.05) is 6.61 Å². The SMILES string of the molecule is C[C@]1(c2ccc(Br)cc2Cl)CO1. The highest BCUT2D eigenvalue weighted by atomic mass is 79.9. The molecule has 1 fully saturated rings. The summed E-state index contributed by atoms with van der Waals surface area (Å²) in [5.41, 5.74) is 0.949. The van der Waals surface area contributed by atoms with E-state index in [1.165, 1.54) is 0 Å². The number of hydrogen-bond acceptors (Lipinski definition) is 1. The number of epoxide rings is 1. The molecule has 0 radical (unpaired) electrons. The molecule has 0 unspecified atom stereocenters. The van der Waals surface area contributed by atoms with Crippen molar-refractivity contribution in [3.05, 3.63) is 33.3 Å². The molecule has 0 N–H and O–H groups in total. The first-order valence-electron chi connectivity index (χ1n) is 3.71. The largest absolute Gasteiger partial charge is 0.365 e. The van der Waals surface area contributed by atoms with E-state index in [1.54, 1.807) is 0 Å². The number of ether oxygens (including phenoxy) is 1. The van der Waals surface area contributed by atoms with Gasteiger partial charge in [-0.05, 0) is 19.1 Å². The van der Waals surface area contributed by atoms with Gasteiger partial charge in [0.15, 0.2) is 0 Å². The molecule has 3 heteroatoms. The summed E-state index contributed by atoms with van der Waals surface area (Å²) in [5.74, 6) is 0. The first-order chi connectivity index (χ1) is 5.62. The van der Waals surface area contributed by atoms with Gasteiger partial charge < -0.3 is 4.74 Å². The van der Waals surface area contributed by atoms with Gasteiger partial charge >= 0.3 is 0 Å². The zero-order valence-electron chi connectivity index (χ0n) is 6.60. The van der Waals surface area contributed by atoms with E-state index in [2.05, 4.69) is 15.9 Å². The third-order valence-corrected chi connectivity index (χ3v) is 2.88. The third-order valence-electron chi connectivity index (χ3n) is 2.08.